The van der Waals surface area contributed by atoms with Gasteiger partial charge in [-0.25, -0.2) is 29.1 Å². The summed E-state index contributed by atoms with van der Waals surface area (Å²) in [4.78, 5) is 56.5. The number of H-pyrrole nitrogens is 1. The van der Waals surface area contributed by atoms with E-state index in [4.69, 9.17) is 39.0 Å². The van der Waals surface area contributed by atoms with Crippen molar-refractivity contribution in [2.75, 3.05) is 31.3 Å². The molecule has 2 bridgehead atoms. The van der Waals surface area contributed by atoms with Crippen molar-refractivity contribution in [3.05, 3.63) is 29.3 Å². The van der Waals surface area contributed by atoms with Gasteiger partial charge in [-0.15, -0.1) is 0 Å². The zero-order valence-corrected chi connectivity index (χ0v) is 25.6. The minimum Gasteiger partial charge on any atom is -0.396 e. The largest absolute Gasteiger partial charge is 0.472 e. The second kappa shape index (κ2) is 11.9. The number of aliphatic hydroxyl groups excluding tert-OH is 2. The molecule has 3 fully saturated rings. The number of hydrogen-bond donors (Lipinski definition) is 7. The molecule has 0 amide bonds. The number of nitrogens with one attached hydrogen (secondary N) is 1. The van der Waals surface area contributed by atoms with Crippen molar-refractivity contribution < 1.29 is 56.7 Å². The van der Waals surface area contributed by atoms with E-state index in [0.29, 0.717) is 0 Å². The Morgan fingerprint density at radius 3 is 2.26 bits per heavy atom. The van der Waals surface area contributed by atoms with Gasteiger partial charge in [-0.1, -0.05) is 0 Å². The first-order valence-electron chi connectivity index (χ1n) is 13.9. The topological polar surface area (TPSA) is 330 Å². The SMILES string of the molecule is Nc1nc2c(ncn2[C@@H]2O[C@@H]3COP(=O)(O)OC4C(O)C(n5cnc6c(N)ncnc65)O[C@@H]4COP(=O)(O)OC2C3CCO)c(=O)[nH]1. The van der Waals surface area contributed by atoms with Crippen LogP contribution in [0.15, 0.2) is 23.8 Å². The molecule has 7 heterocycles. The summed E-state index contributed by atoms with van der Waals surface area (Å²) in [5.41, 5.74) is 11.0. The van der Waals surface area contributed by atoms with E-state index in [0.717, 1.165) is 12.7 Å². The first-order valence-corrected chi connectivity index (χ1v) is 16.9. The first kappa shape index (κ1) is 32.1. The Morgan fingerprint density at radius 2 is 1.53 bits per heavy atom. The highest BCUT2D eigenvalue weighted by molar-refractivity contribution is 7.47. The van der Waals surface area contributed by atoms with Gasteiger partial charge in [0.05, 0.1) is 32.0 Å². The van der Waals surface area contributed by atoms with E-state index in [2.05, 4.69) is 29.9 Å². The van der Waals surface area contributed by atoms with E-state index in [1.54, 1.807) is 0 Å². The minimum absolute atomic E-state index is 0.0411. The highest BCUT2D eigenvalue weighted by Gasteiger charge is 2.54. The summed E-state index contributed by atoms with van der Waals surface area (Å²) in [5, 5.41) is 21.0. The number of nitrogens with zero attached hydrogens (tertiary/aromatic N) is 7. The van der Waals surface area contributed by atoms with Gasteiger partial charge in [-0.05, 0) is 6.42 Å². The van der Waals surface area contributed by atoms with Crippen LogP contribution in [0.5, 0.6) is 0 Å². The highest BCUT2D eigenvalue weighted by atomic mass is 31.2. The molecule has 25 heteroatoms. The third-order valence-corrected chi connectivity index (χ3v) is 9.94. The molecular formula is C22H28N10O13P2. The molecule has 3 saturated heterocycles. The summed E-state index contributed by atoms with van der Waals surface area (Å²) >= 11 is 0. The molecule has 0 radical (unpaired) electrons. The summed E-state index contributed by atoms with van der Waals surface area (Å²) < 4.78 is 62.7. The third kappa shape index (κ3) is 5.83. The van der Waals surface area contributed by atoms with Crippen LogP contribution in [0, 0.1) is 5.92 Å². The van der Waals surface area contributed by atoms with Gasteiger partial charge in [-0.2, -0.15) is 4.98 Å². The number of nitrogen functional groups attached to an aromatic ring is 2. The van der Waals surface area contributed by atoms with Crippen LogP contribution in [0.3, 0.4) is 0 Å². The lowest BCUT2D eigenvalue weighted by molar-refractivity contribution is -0.0671. The molecule has 4 aromatic heterocycles. The number of phosphoric acid groups is 2. The Morgan fingerprint density at radius 1 is 0.894 bits per heavy atom. The number of ether oxygens (including phenoxy) is 2. The monoisotopic (exact) mass is 702 g/mol. The van der Waals surface area contributed by atoms with Crippen LogP contribution in [0.25, 0.3) is 22.3 Å². The van der Waals surface area contributed by atoms with Crippen molar-refractivity contribution in [3.8, 4) is 0 Å². The van der Waals surface area contributed by atoms with Gasteiger partial charge in [0.1, 0.15) is 36.3 Å². The molecule has 0 spiro atoms. The maximum absolute atomic E-state index is 13.4. The van der Waals surface area contributed by atoms with Crippen LogP contribution in [0.1, 0.15) is 18.9 Å². The van der Waals surface area contributed by atoms with Crippen LogP contribution in [-0.2, 0) is 36.7 Å². The average Bonchev–Trinajstić information content (AvgIpc) is 3.76. The van der Waals surface area contributed by atoms with Crippen molar-refractivity contribution in [1.29, 1.82) is 0 Å². The summed E-state index contributed by atoms with van der Waals surface area (Å²) in [6, 6.07) is 0. The fourth-order valence-corrected chi connectivity index (χ4v) is 7.83. The number of hydrogen-bond acceptors (Lipinski definition) is 18. The molecule has 3 aliphatic heterocycles. The van der Waals surface area contributed by atoms with Crippen LogP contribution >= 0.6 is 15.6 Å². The number of fused-ring (bicyclic) bond motifs is 5. The lowest BCUT2D eigenvalue weighted by Gasteiger charge is -2.26. The smallest absolute Gasteiger partial charge is 0.396 e. The zero-order valence-electron chi connectivity index (χ0n) is 23.8. The average molecular weight is 702 g/mol. The summed E-state index contributed by atoms with van der Waals surface area (Å²) in [5.74, 6) is -1.17. The van der Waals surface area contributed by atoms with E-state index in [9.17, 15) is 33.9 Å². The fraction of sp³-hybridized carbons (Fsp3) is 0.545. The molecule has 0 saturated carbocycles. The quantitative estimate of drug-likeness (QED) is 0.116. The van der Waals surface area contributed by atoms with Crippen molar-refractivity contribution in [2.24, 2.45) is 5.92 Å². The Bertz CT molecular complexity index is 1970. The van der Waals surface area contributed by atoms with Crippen molar-refractivity contribution >= 4 is 49.7 Å². The van der Waals surface area contributed by atoms with Gasteiger partial charge in [0.25, 0.3) is 5.56 Å². The number of aromatic amines is 1. The number of imidazole rings is 2. The zero-order chi connectivity index (χ0) is 33.2. The highest BCUT2D eigenvalue weighted by Crippen LogP contribution is 2.55. The number of aromatic nitrogens is 8. The van der Waals surface area contributed by atoms with Crippen LogP contribution in [-0.4, -0.2) is 109 Å². The fourth-order valence-electron chi connectivity index (χ4n) is 5.90. The molecule has 4 aromatic rings. The van der Waals surface area contributed by atoms with Gasteiger partial charge in [-0.3, -0.25) is 37.0 Å². The molecule has 3 aliphatic rings. The van der Waals surface area contributed by atoms with Gasteiger partial charge in [0.15, 0.2) is 35.1 Å². The van der Waals surface area contributed by atoms with Crippen LogP contribution in [0.2, 0.25) is 0 Å². The van der Waals surface area contributed by atoms with E-state index < -0.39 is 89.9 Å². The molecule has 7 rings (SSSR count). The van der Waals surface area contributed by atoms with E-state index >= 15 is 0 Å². The molecule has 0 aromatic carbocycles. The summed E-state index contributed by atoms with van der Waals surface area (Å²) in [6.45, 7) is -1.92. The van der Waals surface area contributed by atoms with Gasteiger partial charge in [0.2, 0.25) is 5.95 Å². The molecule has 23 nitrogen and oxygen atoms in total. The Balaban J connectivity index is 1.23. The predicted octanol–water partition coefficient (Wildman–Crippen LogP) is -1.70. The number of anilines is 2. The lowest BCUT2D eigenvalue weighted by Crippen LogP contribution is -2.36. The van der Waals surface area contributed by atoms with E-state index in [-0.39, 0.29) is 40.5 Å². The number of rotatable bonds is 4. The summed E-state index contributed by atoms with van der Waals surface area (Å²) in [7, 11) is -10.1. The second-order valence-corrected chi connectivity index (χ2v) is 13.6. The molecular weight excluding hydrogens is 674 g/mol. The molecule has 0 aliphatic carbocycles. The standard InChI is InChI=1S/C22H28N10O13P2/c23-16-11-17(26-5-25-16)31(6-27-11)20-13(34)15-10(43-20)4-41-46(36,37)44-14-8(1-2-33)9(3-40-47(38,39)45-15)42-21(14)32-7-28-12-18(32)29-22(24)30-19(12)35/h5-10,13-15,20-21,33-34H,1-4H2,(H,36,37)(H,38,39)(H2,23,25,26)(H3,24,29,30,35)/t8?,9-,10-,13?,14?,15?,20?,21-/m1/s1. The van der Waals surface area contributed by atoms with Gasteiger partial charge < -0.3 is 40.9 Å². The minimum atomic E-state index is -5.06. The van der Waals surface area contributed by atoms with Gasteiger partial charge in [0, 0.05) is 12.5 Å². The van der Waals surface area contributed by atoms with Crippen LogP contribution < -0.4 is 17.0 Å². The number of aliphatic hydroxyl groups is 2. The maximum Gasteiger partial charge on any atom is 0.472 e. The molecule has 254 valence electrons. The van der Waals surface area contributed by atoms with Gasteiger partial charge >= 0.3 is 15.6 Å². The Labute approximate surface area is 261 Å². The van der Waals surface area contributed by atoms with Crippen molar-refractivity contribution in [2.45, 2.75) is 49.4 Å². The lowest BCUT2D eigenvalue weighted by atomic mass is 9.95. The van der Waals surface area contributed by atoms with Crippen LogP contribution in [0.4, 0.5) is 11.8 Å². The molecule has 47 heavy (non-hydrogen) atoms. The van der Waals surface area contributed by atoms with E-state index in [1.807, 2.05) is 0 Å². The number of phosphoric ester groups is 2. The molecule has 7 unspecified atom stereocenters. The Kier molecular flexibility index (Phi) is 8.14. The third-order valence-electron chi connectivity index (χ3n) is 7.97. The maximum atomic E-state index is 13.4. The first-order chi connectivity index (χ1) is 22.4. The van der Waals surface area contributed by atoms with Crippen molar-refractivity contribution in [3.63, 3.8) is 0 Å². The normalized spacial score (nSPS) is 36.6. The Hall–Kier alpha value is -3.44. The number of nitrogens with two attached hydrogens (primary N) is 2. The second-order valence-electron chi connectivity index (χ2n) is 10.8. The van der Waals surface area contributed by atoms with Crippen molar-refractivity contribution in [1.82, 2.24) is 39.0 Å². The molecule has 9 N–H and O–H groups in total. The summed E-state index contributed by atoms with van der Waals surface area (Å²) in [6.07, 6.45) is -6.62. The molecule has 10 atom stereocenters. The predicted molar refractivity (Wildman–Crippen MR) is 153 cm³/mol. The van der Waals surface area contributed by atoms with E-state index in [1.165, 1.54) is 15.5 Å².